The molecule has 0 bridgehead atoms. The first kappa shape index (κ1) is 22.1. The second-order valence-corrected chi connectivity index (χ2v) is 7.75. The smallest absolute Gasteiger partial charge is 0.337 e. The molecule has 6 nitrogen and oxygen atoms in total. The van der Waals surface area contributed by atoms with Gasteiger partial charge in [0, 0.05) is 27.2 Å². The normalized spacial score (nSPS) is 11.0. The number of aryl methyl sites for hydroxylation is 1. The van der Waals surface area contributed by atoms with Crippen LogP contribution in [0.3, 0.4) is 0 Å². The third-order valence-electron chi connectivity index (χ3n) is 4.74. The quantitative estimate of drug-likeness (QED) is 0.311. The zero-order valence-electron chi connectivity index (χ0n) is 17.3. The molecule has 1 amide bonds. The Morgan fingerprint density at radius 2 is 1.87 bits per heavy atom. The zero-order chi connectivity index (χ0) is 22.5. The minimum Gasteiger partial charge on any atom is -0.465 e. The van der Waals surface area contributed by atoms with E-state index >= 15 is 0 Å². The van der Waals surface area contributed by atoms with Crippen molar-refractivity contribution in [2.45, 2.75) is 13.8 Å². The summed E-state index contributed by atoms with van der Waals surface area (Å²) in [7, 11) is 1.34. The molecule has 1 heterocycles. The molecule has 0 radical (unpaired) electrons. The van der Waals surface area contributed by atoms with Gasteiger partial charge in [0.2, 0.25) is 0 Å². The molecule has 0 atom stereocenters. The maximum absolute atomic E-state index is 12.6. The molecule has 3 rings (SSSR count). The number of hydrogen-bond acceptors (Lipinski definition) is 4. The van der Waals surface area contributed by atoms with Gasteiger partial charge in [0.05, 0.1) is 12.7 Å². The van der Waals surface area contributed by atoms with E-state index in [1.165, 1.54) is 7.11 Å². The third kappa shape index (κ3) is 4.93. The first-order valence-corrected chi connectivity index (χ1v) is 10.2. The Kier molecular flexibility index (Phi) is 6.73. The van der Waals surface area contributed by atoms with E-state index in [0.717, 1.165) is 27.1 Å². The maximum Gasteiger partial charge on any atom is 0.337 e. The number of esters is 1. The molecule has 31 heavy (non-hydrogen) atoms. The summed E-state index contributed by atoms with van der Waals surface area (Å²) < 4.78 is 7.58. The Hall–Kier alpha value is -3.63. The summed E-state index contributed by atoms with van der Waals surface area (Å²) in [4.78, 5) is 24.5. The van der Waals surface area contributed by atoms with Crippen molar-refractivity contribution in [3.05, 3.63) is 87.2 Å². The number of carbonyl (C=O) groups excluding carboxylic acids is 2. The van der Waals surface area contributed by atoms with Crippen molar-refractivity contribution < 1.29 is 14.3 Å². The number of aromatic nitrogens is 1. The average Bonchev–Trinajstić information content (AvgIpc) is 3.04. The van der Waals surface area contributed by atoms with Crippen LogP contribution < -0.4 is 5.32 Å². The van der Waals surface area contributed by atoms with Crippen molar-refractivity contribution in [2.24, 2.45) is 0 Å². The molecule has 3 aromatic rings. The van der Waals surface area contributed by atoms with E-state index in [4.69, 9.17) is 4.74 Å². The standard InChI is InChI=1S/C24H20BrN3O3/c1-15-10-18(11-19(14-26)23(29)27-21-8-5-7-20(25)13-21)16(2)28(15)22-9-4-6-17(12-22)24(30)31-3/h4-13H,1-3H3,(H,27,29)/b19-11-. The lowest BCUT2D eigenvalue weighted by Crippen LogP contribution is -2.13. The summed E-state index contributed by atoms with van der Waals surface area (Å²) in [6.45, 7) is 3.81. The molecule has 1 N–H and O–H groups in total. The molecule has 0 unspecified atom stereocenters. The number of nitrogens with zero attached hydrogens (tertiary/aromatic N) is 2. The first-order valence-electron chi connectivity index (χ1n) is 9.40. The highest BCUT2D eigenvalue weighted by Gasteiger charge is 2.15. The van der Waals surface area contributed by atoms with Crippen LogP contribution in [-0.4, -0.2) is 23.6 Å². The van der Waals surface area contributed by atoms with E-state index in [2.05, 4.69) is 21.2 Å². The molecular weight excluding hydrogens is 458 g/mol. The lowest BCUT2D eigenvalue weighted by atomic mass is 10.1. The maximum atomic E-state index is 12.6. The Labute approximate surface area is 188 Å². The Balaban J connectivity index is 1.95. The van der Waals surface area contributed by atoms with Gasteiger partial charge in [0.1, 0.15) is 11.6 Å². The summed E-state index contributed by atoms with van der Waals surface area (Å²) in [6, 6.07) is 18.1. The fourth-order valence-electron chi connectivity index (χ4n) is 3.29. The van der Waals surface area contributed by atoms with Gasteiger partial charge >= 0.3 is 5.97 Å². The Morgan fingerprint density at radius 3 is 2.55 bits per heavy atom. The molecule has 2 aromatic carbocycles. The molecule has 0 aliphatic heterocycles. The van der Waals surface area contributed by atoms with Crippen LogP contribution in [0.4, 0.5) is 5.69 Å². The molecule has 7 heteroatoms. The van der Waals surface area contributed by atoms with Crippen molar-refractivity contribution in [1.29, 1.82) is 5.26 Å². The van der Waals surface area contributed by atoms with Gasteiger partial charge in [-0.2, -0.15) is 5.26 Å². The van der Waals surface area contributed by atoms with Crippen LogP contribution in [0, 0.1) is 25.2 Å². The molecule has 0 aliphatic carbocycles. The average molecular weight is 478 g/mol. The molecule has 156 valence electrons. The second kappa shape index (κ2) is 9.45. The highest BCUT2D eigenvalue weighted by atomic mass is 79.9. The lowest BCUT2D eigenvalue weighted by Gasteiger charge is -2.11. The number of anilines is 1. The summed E-state index contributed by atoms with van der Waals surface area (Å²) in [6.07, 6.45) is 1.57. The first-order chi connectivity index (χ1) is 14.8. The highest BCUT2D eigenvalue weighted by molar-refractivity contribution is 9.10. The number of amides is 1. The number of carbonyl (C=O) groups is 2. The number of methoxy groups -OCH3 is 1. The minimum atomic E-state index is -0.488. The predicted octanol–water partition coefficient (Wildman–Crippen LogP) is 5.19. The van der Waals surface area contributed by atoms with Crippen molar-refractivity contribution in [3.63, 3.8) is 0 Å². The van der Waals surface area contributed by atoms with Gasteiger partial charge in [0.25, 0.3) is 5.91 Å². The molecule has 0 saturated heterocycles. The summed E-state index contributed by atoms with van der Waals surface area (Å²) in [5.41, 5.74) is 4.28. The Bertz CT molecular complexity index is 1240. The number of rotatable bonds is 5. The van der Waals surface area contributed by atoms with E-state index in [1.807, 2.05) is 42.7 Å². The molecule has 1 aromatic heterocycles. The van der Waals surface area contributed by atoms with Crippen LogP contribution in [0.15, 0.2) is 64.6 Å². The van der Waals surface area contributed by atoms with E-state index in [-0.39, 0.29) is 5.57 Å². The fraction of sp³-hybridized carbons (Fsp3) is 0.125. The van der Waals surface area contributed by atoms with E-state index in [1.54, 1.807) is 42.5 Å². The summed E-state index contributed by atoms with van der Waals surface area (Å²) in [5, 5.41) is 12.3. The van der Waals surface area contributed by atoms with Gasteiger partial charge < -0.3 is 14.6 Å². The van der Waals surface area contributed by atoms with Crippen LogP contribution in [-0.2, 0) is 9.53 Å². The number of benzene rings is 2. The largest absolute Gasteiger partial charge is 0.465 e. The van der Waals surface area contributed by atoms with Crippen molar-refractivity contribution in [1.82, 2.24) is 4.57 Å². The zero-order valence-corrected chi connectivity index (χ0v) is 18.9. The minimum absolute atomic E-state index is 0.0106. The van der Waals surface area contributed by atoms with Crippen LogP contribution in [0.1, 0.15) is 27.3 Å². The van der Waals surface area contributed by atoms with Crippen LogP contribution in [0.2, 0.25) is 0 Å². The van der Waals surface area contributed by atoms with Gasteiger partial charge in [0.15, 0.2) is 0 Å². The van der Waals surface area contributed by atoms with Crippen LogP contribution in [0.5, 0.6) is 0 Å². The number of nitrogens with one attached hydrogen (secondary N) is 1. The fourth-order valence-corrected chi connectivity index (χ4v) is 3.69. The number of halogens is 1. The Morgan fingerprint density at radius 1 is 1.13 bits per heavy atom. The molecular formula is C24H20BrN3O3. The highest BCUT2D eigenvalue weighted by Crippen LogP contribution is 2.24. The van der Waals surface area contributed by atoms with Crippen molar-refractivity contribution in [2.75, 3.05) is 12.4 Å². The van der Waals surface area contributed by atoms with Crippen molar-refractivity contribution >= 4 is 39.6 Å². The van der Waals surface area contributed by atoms with E-state index in [0.29, 0.717) is 11.3 Å². The number of hydrogen-bond donors (Lipinski definition) is 1. The number of ether oxygens (including phenoxy) is 1. The molecule has 0 fully saturated rings. The second-order valence-electron chi connectivity index (χ2n) is 6.84. The topological polar surface area (TPSA) is 84.1 Å². The van der Waals surface area contributed by atoms with Gasteiger partial charge in [-0.05, 0) is 68.0 Å². The van der Waals surface area contributed by atoms with Gasteiger partial charge in [-0.3, -0.25) is 4.79 Å². The van der Waals surface area contributed by atoms with Crippen LogP contribution in [0.25, 0.3) is 11.8 Å². The van der Waals surface area contributed by atoms with Gasteiger partial charge in [-0.1, -0.05) is 28.1 Å². The monoisotopic (exact) mass is 477 g/mol. The number of nitriles is 1. The van der Waals surface area contributed by atoms with Crippen LogP contribution >= 0.6 is 15.9 Å². The lowest BCUT2D eigenvalue weighted by molar-refractivity contribution is -0.112. The van der Waals surface area contributed by atoms with E-state index < -0.39 is 11.9 Å². The molecule has 0 saturated carbocycles. The molecule has 0 aliphatic rings. The SMILES string of the molecule is COC(=O)c1cccc(-n2c(C)cc(/C=C(/C#N)C(=O)Nc3cccc(Br)c3)c2C)c1. The third-order valence-corrected chi connectivity index (χ3v) is 5.24. The van der Waals surface area contributed by atoms with Crippen molar-refractivity contribution in [3.8, 4) is 11.8 Å². The molecule has 0 spiro atoms. The summed E-state index contributed by atoms with van der Waals surface area (Å²) in [5.74, 6) is -0.904. The van der Waals surface area contributed by atoms with Gasteiger partial charge in [-0.15, -0.1) is 0 Å². The van der Waals surface area contributed by atoms with Gasteiger partial charge in [-0.25, -0.2) is 4.79 Å². The van der Waals surface area contributed by atoms with E-state index in [9.17, 15) is 14.9 Å². The summed E-state index contributed by atoms with van der Waals surface area (Å²) >= 11 is 3.36. The predicted molar refractivity (Wildman–Crippen MR) is 123 cm³/mol.